The van der Waals surface area contributed by atoms with Crippen molar-refractivity contribution in [2.45, 2.75) is 271 Å². The molecule has 6 heteroatoms. The number of hydrogen-bond acceptors (Lipinski definition) is 6. The van der Waals surface area contributed by atoms with Crippen molar-refractivity contribution in [1.82, 2.24) is 0 Å². The summed E-state index contributed by atoms with van der Waals surface area (Å²) in [5, 5.41) is 0. The first-order chi connectivity index (χ1) is 40.0. The summed E-state index contributed by atoms with van der Waals surface area (Å²) in [6, 6.07) is 0. The predicted octanol–water partition coefficient (Wildman–Crippen LogP) is 22.7. The van der Waals surface area contributed by atoms with Crippen LogP contribution in [-0.2, 0) is 28.6 Å². The van der Waals surface area contributed by atoms with Crippen LogP contribution in [-0.4, -0.2) is 37.2 Å². The minimum atomic E-state index is -0.817. The molecule has 0 aliphatic heterocycles. The van der Waals surface area contributed by atoms with Crippen molar-refractivity contribution in [3.8, 4) is 0 Å². The standard InChI is InChI=1S/C75H118O6/c1-4-7-10-13-16-19-22-25-28-29-30-31-32-33-34-35-36-37-38-39-40-41-42-43-44-45-48-50-53-56-59-62-65-68-74(77)80-71-72(81-75(78)69-66-63-60-57-54-51-47-27-24-21-18-15-12-9-6-3)70-79-73(76)67-64-61-58-55-52-49-46-26-23-20-17-14-11-8-5-2/h7-12,16-21,25-28,30-31,33-34,36-37,39-40,46-47,54,57,72H,4-6,13-15,22-24,29,32,35,38,41-45,48-53,55-56,58-71H2,1-3H3/b10-7-,11-8-,12-9-,19-16-,20-17-,21-18-,28-25-,31-30-,34-33-,37-36-,40-39-,46-26-,47-27-,57-54-. The largest absolute Gasteiger partial charge is 0.462 e. The number of esters is 3. The molecule has 0 aromatic rings. The molecule has 0 fully saturated rings. The first kappa shape index (κ1) is 75.8. The van der Waals surface area contributed by atoms with Gasteiger partial charge in [0.05, 0.1) is 0 Å². The van der Waals surface area contributed by atoms with Gasteiger partial charge in [-0.3, -0.25) is 14.4 Å². The van der Waals surface area contributed by atoms with Crippen molar-refractivity contribution < 1.29 is 28.6 Å². The third-order valence-corrected chi connectivity index (χ3v) is 13.2. The summed E-state index contributed by atoms with van der Waals surface area (Å²) >= 11 is 0. The summed E-state index contributed by atoms with van der Waals surface area (Å²) in [6.45, 7) is 6.24. The zero-order chi connectivity index (χ0) is 58.5. The minimum absolute atomic E-state index is 0.109. The molecule has 0 bridgehead atoms. The van der Waals surface area contributed by atoms with E-state index >= 15 is 0 Å². The molecule has 0 heterocycles. The average Bonchev–Trinajstić information content (AvgIpc) is 3.47. The van der Waals surface area contributed by atoms with Crippen LogP contribution in [0.2, 0.25) is 0 Å². The number of allylic oxidation sites excluding steroid dienone is 28. The highest BCUT2D eigenvalue weighted by Gasteiger charge is 2.19. The average molecular weight is 1120 g/mol. The molecule has 0 radical (unpaired) electrons. The quantitative estimate of drug-likeness (QED) is 0.0261. The fourth-order valence-corrected chi connectivity index (χ4v) is 8.43. The second kappa shape index (κ2) is 67.3. The molecule has 0 spiro atoms. The zero-order valence-corrected chi connectivity index (χ0v) is 52.0. The van der Waals surface area contributed by atoms with E-state index in [4.69, 9.17) is 14.2 Å². The van der Waals surface area contributed by atoms with Crippen molar-refractivity contribution in [2.75, 3.05) is 13.2 Å². The topological polar surface area (TPSA) is 78.9 Å². The van der Waals surface area contributed by atoms with E-state index in [0.29, 0.717) is 19.3 Å². The summed E-state index contributed by atoms with van der Waals surface area (Å²) in [4.78, 5) is 38.3. The van der Waals surface area contributed by atoms with Gasteiger partial charge in [0.25, 0.3) is 0 Å². The molecule has 0 saturated heterocycles. The maximum atomic E-state index is 12.9. The number of hydrogen-bond donors (Lipinski definition) is 0. The van der Waals surface area contributed by atoms with Crippen LogP contribution >= 0.6 is 0 Å². The minimum Gasteiger partial charge on any atom is -0.462 e. The Morgan fingerprint density at radius 2 is 0.444 bits per heavy atom. The number of ether oxygens (including phenoxy) is 3. The van der Waals surface area contributed by atoms with Gasteiger partial charge in [-0.1, -0.05) is 268 Å². The second-order valence-electron chi connectivity index (χ2n) is 20.9. The van der Waals surface area contributed by atoms with Crippen LogP contribution in [0.3, 0.4) is 0 Å². The van der Waals surface area contributed by atoms with Crippen LogP contribution in [0.1, 0.15) is 265 Å². The van der Waals surface area contributed by atoms with Crippen LogP contribution in [0.25, 0.3) is 0 Å². The van der Waals surface area contributed by atoms with Gasteiger partial charge in [0, 0.05) is 19.3 Å². The van der Waals surface area contributed by atoms with Gasteiger partial charge in [-0.25, -0.2) is 0 Å². The van der Waals surface area contributed by atoms with Crippen LogP contribution < -0.4 is 0 Å². The van der Waals surface area contributed by atoms with Gasteiger partial charge in [0.1, 0.15) is 13.2 Å². The monoisotopic (exact) mass is 1110 g/mol. The second-order valence-corrected chi connectivity index (χ2v) is 20.9. The van der Waals surface area contributed by atoms with Crippen LogP contribution in [0, 0.1) is 0 Å². The van der Waals surface area contributed by atoms with E-state index in [-0.39, 0.29) is 37.5 Å². The summed E-state index contributed by atoms with van der Waals surface area (Å²) in [6.07, 6.45) is 99.4. The smallest absolute Gasteiger partial charge is 0.306 e. The molecule has 0 aliphatic rings. The molecule has 81 heavy (non-hydrogen) atoms. The van der Waals surface area contributed by atoms with E-state index in [2.05, 4.69) is 191 Å². The molecule has 0 saturated carbocycles. The van der Waals surface area contributed by atoms with E-state index in [1.165, 1.54) is 57.8 Å². The molecule has 1 atom stereocenters. The van der Waals surface area contributed by atoms with Gasteiger partial charge in [-0.15, -0.1) is 0 Å². The van der Waals surface area contributed by atoms with Crippen molar-refractivity contribution in [1.29, 1.82) is 0 Å². The lowest BCUT2D eigenvalue weighted by molar-refractivity contribution is -0.167. The van der Waals surface area contributed by atoms with Gasteiger partial charge in [0.15, 0.2) is 6.10 Å². The Bertz CT molecular complexity index is 1860. The number of unbranched alkanes of at least 4 members (excludes halogenated alkanes) is 18. The highest BCUT2D eigenvalue weighted by atomic mass is 16.6. The van der Waals surface area contributed by atoms with Crippen molar-refractivity contribution in [3.63, 3.8) is 0 Å². The Balaban J connectivity index is 4.32. The van der Waals surface area contributed by atoms with E-state index in [0.717, 1.165) is 161 Å². The molecule has 1 unspecified atom stereocenters. The third kappa shape index (κ3) is 65.5. The molecule has 0 rings (SSSR count). The third-order valence-electron chi connectivity index (χ3n) is 13.2. The Kier molecular flexibility index (Phi) is 62.9. The Labute approximate surface area is 498 Å². The van der Waals surface area contributed by atoms with Gasteiger partial charge < -0.3 is 14.2 Å². The van der Waals surface area contributed by atoms with Gasteiger partial charge in [-0.2, -0.15) is 0 Å². The molecule has 0 aromatic heterocycles. The molecule has 0 amide bonds. The molecule has 6 nitrogen and oxygen atoms in total. The number of carbonyl (C=O) groups excluding carboxylic acids is 3. The maximum absolute atomic E-state index is 12.9. The molecule has 0 aromatic carbocycles. The lowest BCUT2D eigenvalue weighted by Gasteiger charge is -2.18. The van der Waals surface area contributed by atoms with Crippen molar-refractivity contribution in [3.05, 3.63) is 170 Å². The zero-order valence-electron chi connectivity index (χ0n) is 52.0. The summed E-state index contributed by atoms with van der Waals surface area (Å²) in [7, 11) is 0. The van der Waals surface area contributed by atoms with E-state index in [9.17, 15) is 14.4 Å². The van der Waals surface area contributed by atoms with Crippen LogP contribution in [0.15, 0.2) is 170 Å². The maximum Gasteiger partial charge on any atom is 0.306 e. The number of rotatable bonds is 57. The Morgan fingerprint density at radius 3 is 0.716 bits per heavy atom. The highest BCUT2D eigenvalue weighted by Crippen LogP contribution is 2.15. The predicted molar refractivity (Wildman–Crippen MR) is 352 cm³/mol. The van der Waals surface area contributed by atoms with Crippen LogP contribution in [0.5, 0.6) is 0 Å². The SMILES string of the molecule is CC/C=C\C/C=C\C/C=C\C/C=C\C/C=C\C/C=C\C/C=C\CCCCCCCCCCCCCC(=O)OCC(COC(=O)CCCCCCC/C=C\C/C=C\C/C=C\CC)OC(=O)CCCC/C=C\C/C=C\C/C=C\C/C=C\CC. The van der Waals surface area contributed by atoms with E-state index < -0.39 is 6.10 Å². The first-order valence-electron chi connectivity index (χ1n) is 32.6. The highest BCUT2D eigenvalue weighted by molar-refractivity contribution is 5.71. The van der Waals surface area contributed by atoms with E-state index in [1.54, 1.807) is 0 Å². The molecular formula is C75H118O6. The fraction of sp³-hybridized carbons (Fsp3) is 0.587. The van der Waals surface area contributed by atoms with Gasteiger partial charge in [0.2, 0.25) is 0 Å². The van der Waals surface area contributed by atoms with Gasteiger partial charge in [-0.05, 0) is 148 Å². The fourth-order valence-electron chi connectivity index (χ4n) is 8.43. The Hall–Kier alpha value is -5.23. The number of carbonyl (C=O) groups is 3. The molecule has 0 N–H and O–H groups in total. The van der Waals surface area contributed by atoms with E-state index in [1.807, 2.05) is 0 Å². The lowest BCUT2D eigenvalue weighted by Crippen LogP contribution is -2.30. The van der Waals surface area contributed by atoms with Crippen molar-refractivity contribution in [2.24, 2.45) is 0 Å². The first-order valence-corrected chi connectivity index (χ1v) is 32.6. The van der Waals surface area contributed by atoms with Gasteiger partial charge >= 0.3 is 17.9 Å². The normalized spacial score (nSPS) is 13.3. The summed E-state index contributed by atoms with van der Waals surface area (Å²) < 4.78 is 16.9. The van der Waals surface area contributed by atoms with Crippen molar-refractivity contribution >= 4 is 17.9 Å². The molecule has 0 aliphatic carbocycles. The summed E-state index contributed by atoms with van der Waals surface area (Å²) in [5.41, 5.74) is 0. The molecule has 454 valence electrons. The summed E-state index contributed by atoms with van der Waals surface area (Å²) in [5.74, 6) is -0.975. The van der Waals surface area contributed by atoms with Crippen LogP contribution in [0.4, 0.5) is 0 Å². The lowest BCUT2D eigenvalue weighted by atomic mass is 10.0. The Morgan fingerprint density at radius 1 is 0.247 bits per heavy atom. The molecular weight excluding hydrogens is 997 g/mol.